The number of piperidine rings is 1. The number of carbonyl (C=O) groups excluding carboxylic acids is 2. The van der Waals surface area contributed by atoms with Crippen LogP contribution >= 0.6 is 23.1 Å². The highest BCUT2D eigenvalue weighted by atomic mass is 32.2. The predicted octanol–water partition coefficient (Wildman–Crippen LogP) is 2.07. The van der Waals surface area contributed by atoms with Gasteiger partial charge in [0, 0.05) is 11.4 Å². The van der Waals surface area contributed by atoms with Crippen molar-refractivity contribution in [1.82, 2.24) is 14.9 Å². The molecule has 3 heterocycles. The first kappa shape index (κ1) is 19.4. The van der Waals surface area contributed by atoms with Crippen molar-refractivity contribution in [2.45, 2.75) is 56.6 Å². The van der Waals surface area contributed by atoms with Crippen LogP contribution in [0, 0.1) is 5.92 Å². The Bertz CT molecular complexity index is 983. The molecule has 0 saturated carbocycles. The Hall–Kier alpha value is -1.87. The number of primary amides is 1. The fourth-order valence-corrected chi connectivity index (χ4v) is 6.32. The molecule has 2 aromatic rings. The van der Waals surface area contributed by atoms with Gasteiger partial charge in [-0.1, -0.05) is 18.7 Å². The molecular weight excluding hydrogens is 396 g/mol. The Morgan fingerprint density at radius 1 is 1.36 bits per heavy atom. The molecular formula is C19H24N4O3S2. The summed E-state index contributed by atoms with van der Waals surface area (Å²) >= 11 is 2.81. The molecule has 1 aliphatic heterocycles. The second kappa shape index (κ2) is 7.87. The summed E-state index contributed by atoms with van der Waals surface area (Å²) in [4.78, 5) is 47.9. The van der Waals surface area contributed by atoms with E-state index in [4.69, 9.17) is 5.73 Å². The summed E-state index contributed by atoms with van der Waals surface area (Å²) in [5.41, 5.74) is 6.47. The summed E-state index contributed by atoms with van der Waals surface area (Å²) in [5.74, 6) is 0.161. The van der Waals surface area contributed by atoms with E-state index in [1.54, 1.807) is 16.2 Å². The molecule has 3 N–H and O–H groups in total. The van der Waals surface area contributed by atoms with Crippen molar-refractivity contribution in [3.8, 4) is 0 Å². The molecule has 0 aromatic carbocycles. The SMILES string of the molecule is C[C@@H]1CCc2c(sc3nc(SCC(=O)N4CCCC[C@H]4C(N)=O)[nH]c(=O)c23)C1. The number of hydrogen-bond donors (Lipinski definition) is 2. The van der Waals surface area contributed by atoms with Crippen molar-refractivity contribution in [2.24, 2.45) is 11.7 Å². The number of nitrogens with one attached hydrogen (secondary N) is 1. The van der Waals surface area contributed by atoms with Gasteiger partial charge in [-0.25, -0.2) is 4.98 Å². The van der Waals surface area contributed by atoms with Crippen molar-refractivity contribution >= 4 is 45.1 Å². The zero-order valence-electron chi connectivity index (χ0n) is 15.8. The fraction of sp³-hybridized carbons (Fsp3) is 0.579. The zero-order chi connectivity index (χ0) is 19.8. The number of aromatic nitrogens is 2. The van der Waals surface area contributed by atoms with Gasteiger partial charge in [-0.15, -0.1) is 11.3 Å². The molecule has 2 aromatic heterocycles. The number of rotatable bonds is 4. The number of aryl methyl sites for hydroxylation is 1. The van der Waals surface area contributed by atoms with Crippen LogP contribution in [0.1, 0.15) is 43.0 Å². The second-order valence-electron chi connectivity index (χ2n) is 7.69. The van der Waals surface area contributed by atoms with Crippen LogP contribution in [0.15, 0.2) is 9.95 Å². The van der Waals surface area contributed by atoms with Gasteiger partial charge in [0.05, 0.1) is 11.1 Å². The molecule has 1 fully saturated rings. The van der Waals surface area contributed by atoms with Gasteiger partial charge < -0.3 is 15.6 Å². The summed E-state index contributed by atoms with van der Waals surface area (Å²) in [6.07, 6.45) is 5.42. The molecule has 1 saturated heterocycles. The molecule has 1 aliphatic carbocycles. The van der Waals surface area contributed by atoms with Crippen LogP contribution in [0.4, 0.5) is 0 Å². The van der Waals surface area contributed by atoms with E-state index in [0.717, 1.165) is 42.5 Å². The highest BCUT2D eigenvalue weighted by Crippen LogP contribution is 2.36. The highest BCUT2D eigenvalue weighted by molar-refractivity contribution is 7.99. The van der Waals surface area contributed by atoms with Crippen molar-refractivity contribution in [3.05, 3.63) is 20.8 Å². The summed E-state index contributed by atoms with van der Waals surface area (Å²) in [7, 11) is 0. The molecule has 0 unspecified atom stereocenters. The van der Waals surface area contributed by atoms with E-state index in [2.05, 4.69) is 16.9 Å². The number of H-pyrrole nitrogens is 1. The molecule has 28 heavy (non-hydrogen) atoms. The molecule has 0 spiro atoms. The van der Waals surface area contributed by atoms with Gasteiger partial charge in [0.15, 0.2) is 5.16 Å². The maximum atomic E-state index is 12.6. The van der Waals surface area contributed by atoms with Crippen molar-refractivity contribution in [1.29, 1.82) is 0 Å². The van der Waals surface area contributed by atoms with Crippen LogP contribution in [0.2, 0.25) is 0 Å². The van der Waals surface area contributed by atoms with Crippen molar-refractivity contribution in [2.75, 3.05) is 12.3 Å². The van der Waals surface area contributed by atoms with E-state index >= 15 is 0 Å². The molecule has 2 aliphatic rings. The smallest absolute Gasteiger partial charge is 0.260 e. The number of nitrogens with two attached hydrogens (primary N) is 1. The first-order chi connectivity index (χ1) is 13.4. The van der Waals surface area contributed by atoms with Gasteiger partial charge in [0.1, 0.15) is 10.9 Å². The van der Waals surface area contributed by atoms with Crippen LogP contribution in [-0.4, -0.2) is 45.0 Å². The average molecular weight is 421 g/mol. The Labute approximate surface area is 171 Å². The molecule has 7 nitrogen and oxygen atoms in total. The van der Waals surface area contributed by atoms with Crippen LogP contribution in [-0.2, 0) is 22.4 Å². The number of aromatic amines is 1. The van der Waals surface area contributed by atoms with Gasteiger partial charge in [-0.05, 0) is 50.0 Å². The number of fused-ring (bicyclic) bond motifs is 3. The van der Waals surface area contributed by atoms with E-state index in [0.29, 0.717) is 29.4 Å². The van der Waals surface area contributed by atoms with E-state index in [-0.39, 0.29) is 17.2 Å². The number of thioether (sulfide) groups is 1. The summed E-state index contributed by atoms with van der Waals surface area (Å²) in [5, 5.41) is 1.16. The summed E-state index contributed by atoms with van der Waals surface area (Å²) in [6.45, 7) is 2.78. The Morgan fingerprint density at radius 3 is 2.96 bits per heavy atom. The number of carbonyl (C=O) groups is 2. The third-order valence-electron chi connectivity index (χ3n) is 5.63. The quantitative estimate of drug-likeness (QED) is 0.581. The standard InChI is InChI=1S/C19H24N4O3S2/c1-10-5-6-11-13(8-10)28-18-15(11)17(26)21-19(22-18)27-9-14(24)23-7-3-2-4-12(23)16(20)25/h10,12H,2-9H2,1H3,(H2,20,25)(H,21,22,26)/t10-,12+/m1/s1. The van der Waals surface area contributed by atoms with Crippen molar-refractivity contribution < 1.29 is 9.59 Å². The Balaban J connectivity index is 1.51. The first-order valence-corrected chi connectivity index (χ1v) is 11.5. The molecule has 2 amide bonds. The van der Waals surface area contributed by atoms with Gasteiger partial charge in [0.2, 0.25) is 11.8 Å². The zero-order valence-corrected chi connectivity index (χ0v) is 17.5. The van der Waals surface area contributed by atoms with E-state index in [9.17, 15) is 14.4 Å². The minimum Gasteiger partial charge on any atom is -0.368 e. The maximum Gasteiger partial charge on any atom is 0.260 e. The topological polar surface area (TPSA) is 109 Å². The number of thiophene rings is 1. The molecule has 2 atom stereocenters. The third kappa shape index (κ3) is 3.69. The summed E-state index contributed by atoms with van der Waals surface area (Å²) in [6, 6.07) is -0.526. The maximum absolute atomic E-state index is 12.6. The minimum absolute atomic E-state index is 0.125. The van der Waals surface area contributed by atoms with Gasteiger partial charge >= 0.3 is 0 Å². The number of amides is 2. The molecule has 4 rings (SSSR count). The number of likely N-dealkylation sites (tertiary alicyclic amines) is 1. The monoisotopic (exact) mass is 420 g/mol. The molecule has 0 bridgehead atoms. The normalized spacial score (nSPS) is 22.2. The van der Waals surface area contributed by atoms with Crippen molar-refractivity contribution in [3.63, 3.8) is 0 Å². The average Bonchev–Trinajstić information content (AvgIpc) is 3.03. The minimum atomic E-state index is -0.526. The number of nitrogens with zero attached hydrogens (tertiary/aromatic N) is 2. The van der Waals surface area contributed by atoms with Crippen LogP contribution in [0.25, 0.3) is 10.2 Å². The third-order valence-corrected chi connectivity index (χ3v) is 7.63. The van der Waals surface area contributed by atoms with Crippen LogP contribution in [0.5, 0.6) is 0 Å². The second-order valence-corrected chi connectivity index (χ2v) is 9.74. The lowest BCUT2D eigenvalue weighted by molar-refractivity contribution is -0.138. The predicted molar refractivity (Wildman–Crippen MR) is 111 cm³/mol. The van der Waals surface area contributed by atoms with E-state index in [1.165, 1.54) is 16.6 Å². The Kier molecular flexibility index (Phi) is 5.46. The van der Waals surface area contributed by atoms with E-state index < -0.39 is 11.9 Å². The van der Waals surface area contributed by atoms with Gasteiger partial charge in [-0.3, -0.25) is 14.4 Å². The highest BCUT2D eigenvalue weighted by Gasteiger charge is 2.30. The number of hydrogen-bond acceptors (Lipinski definition) is 6. The van der Waals surface area contributed by atoms with Gasteiger partial charge in [0.25, 0.3) is 5.56 Å². The van der Waals surface area contributed by atoms with Crippen LogP contribution in [0.3, 0.4) is 0 Å². The van der Waals surface area contributed by atoms with Gasteiger partial charge in [-0.2, -0.15) is 0 Å². The lowest BCUT2D eigenvalue weighted by atomic mass is 9.89. The lowest BCUT2D eigenvalue weighted by Crippen LogP contribution is -2.51. The molecule has 0 radical (unpaired) electrons. The first-order valence-electron chi connectivity index (χ1n) is 9.70. The summed E-state index contributed by atoms with van der Waals surface area (Å²) < 4.78 is 0. The van der Waals surface area contributed by atoms with Crippen LogP contribution < -0.4 is 11.3 Å². The van der Waals surface area contributed by atoms with E-state index in [1.807, 2.05) is 0 Å². The molecule has 150 valence electrons. The lowest BCUT2D eigenvalue weighted by Gasteiger charge is -2.33. The largest absolute Gasteiger partial charge is 0.368 e. The fourth-order valence-electron chi connectivity index (χ4n) is 4.14. The molecule has 9 heteroatoms. The Morgan fingerprint density at radius 2 is 2.18 bits per heavy atom.